The predicted molar refractivity (Wildman–Crippen MR) is 82.5 cm³/mol. The number of rotatable bonds is 5. The van der Waals surface area contributed by atoms with E-state index in [1.165, 1.54) is 43.6 Å². The molecular formula is C17H26N2O. The molecule has 0 bridgehead atoms. The van der Waals surface area contributed by atoms with Gasteiger partial charge < -0.3 is 15.0 Å². The second kappa shape index (κ2) is 7.09. The molecule has 110 valence electrons. The lowest BCUT2D eigenvalue weighted by atomic mass is 10.0. The van der Waals surface area contributed by atoms with Crippen LogP contribution < -0.4 is 10.1 Å². The van der Waals surface area contributed by atoms with Crippen molar-refractivity contribution in [1.29, 1.82) is 0 Å². The highest BCUT2D eigenvalue weighted by atomic mass is 16.5. The highest BCUT2D eigenvalue weighted by molar-refractivity contribution is 5.36. The van der Waals surface area contributed by atoms with E-state index in [2.05, 4.69) is 28.4 Å². The Morgan fingerprint density at radius 2 is 1.85 bits per heavy atom. The number of fused-ring (bicyclic) bond motifs is 1. The standard InChI is InChI=1S/C17H26N2O/c1-2-11-19(10-1)12-3-13-20-17-5-4-15-6-8-18-9-7-16(15)14-17/h4-5,14,18H,1-3,6-13H2. The van der Waals surface area contributed by atoms with Gasteiger partial charge in [-0.05, 0) is 81.5 Å². The minimum atomic E-state index is 0.841. The van der Waals surface area contributed by atoms with E-state index in [1.54, 1.807) is 0 Å². The highest BCUT2D eigenvalue weighted by Crippen LogP contribution is 2.20. The van der Waals surface area contributed by atoms with Crippen LogP contribution in [0.3, 0.4) is 0 Å². The van der Waals surface area contributed by atoms with Crippen LogP contribution in [-0.2, 0) is 12.8 Å². The number of hydrogen-bond acceptors (Lipinski definition) is 3. The van der Waals surface area contributed by atoms with E-state index >= 15 is 0 Å². The number of likely N-dealkylation sites (tertiary alicyclic amines) is 1. The molecule has 1 saturated heterocycles. The Morgan fingerprint density at radius 1 is 1.05 bits per heavy atom. The fourth-order valence-corrected chi connectivity index (χ4v) is 3.22. The van der Waals surface area contributed by atoms with Crippen molar-refractivity contribution in [1.82, 2.24) is 10.2 Å². The zero-order chi connectivity index (χ0) is 13.6. The zero-order valence-corrected chi connectivity index (χ0v) is 12.4. The maximum absolute atomic E-state index is 5.93. The van der Waals surface area contributed by atoms with Gasteiger partial charge in [-0.15, -0.1) is 0 Å². The van der Waals surface area contributed by atoms with Crippen LogP contribution in [0.1, 0.15) is 30.4 Å². The molecule has 0 aromatic heterocycles. The third-order valence-electron chi connectivity index (χ3n) is 4.41. The first-order valence-corrected chi connectivity index (χ1v) is 8.09. The van der Waals surface area contributed by atoms with E-state index in [1.807, 2.05) is 0 Å². The van der Waals surface area contributed by atoms with Crippen LogP contribution >= 0.6 is 0 Å². The summed E-state index contributed by atoms with van der Waals surface area (Å²) < 4.78 is 5.93. The predicted octanol–water partition coefficient (Wildman–Crippen LogP) is 2.24. The van der Waals surface area contributed by atoms with Crippen LogP contribution in [0.25, 0.3) is 0 Å². The van der Waals surface area contributed by atoms with Gasteiger partial charge in [-0.1, -0.05) is 6.07 Å². The van der Waals surface area contributed by atoms with Gasteiger partial charge in [0.2, 0.25) is 0 Å². The van der Waals surface area contributed by atoms with Gasteiger partial charge in [-0.3, -0.25) is 0 Å². The average molecular weight is 274 g/mol. The third-order valence-corrected chi connectivity index (χ3v) is 4.41. The molecule has 0 amide bonds. The van der Waals surface area contributed by atoms with Gasteiger partial charge in [0, 0.05) is 6.54 Å². The quantitative estimate of drug-likeness (QED) is 0.833. The summed E-state index contributed by atoms with van der Waals surface area (Å²) in [6.45, 7) is 6.79. The largest absolute Gasteiger partial charge is 0.494 e. The van der Waals surface area contributed by atoms with Gasteiger partial charge in [0.05, 0.1) is 6.61 Å². The Hall–Kier alpha value is -1.06. The number of hydrogen-bond donors (Lipinski definition) is 1. The van der Waals surface area contributed by atoms with Gasteiger partial charge in [-0.25, -0.2) is 0 Å². The van der Waals surface area contributed by atoms with E-state index in [-0.39, 0.29) is 0 Å². The first kappa shape index (κ1) is 13.9. The molecule has 2 aliphatic heterocycles. The van der Waals surface area contributed by atoms with Crippen molar-refractivity contribution < 1.29 is 4.74 Å². The van der Waals surface area contributed by atoms with Gasteiger partial charge in [-0.2, -0.15) is 0 Å². The molecule has 0 spiro atoms. The maximum atomic E-state index is 5.93. The topological polar surface area (TPSA) is 24.5 Å². The van der Waals surface area contributed by atoms with Gasteiger partial charge >= 0.3 is 0 Å². The molecule has 2 heterocycles. The van der Waals surface area contributed by atoms with Crippen LogP contribution in [0.15, 0.2) is 18.2 Å². The number of ether oxygens (including phenoxy) is 1. The average Bonchev–Trinajstić information content (AvgIpc) is 2.87. The molecule has 1 aromatic carbocycles. The van der Waals surface area contributed by atoms with Gasteiger partial charge in [0.25, 0.3) is 0 Å². The smallest absolute Gasteiger partial charge is 0.119 e. The summed E-state index contributed by atoms with van der Waals surface area (Å²) in [4.78, 5) is 2.55. The molecule has 0 atom stereocenters. The maximum Gasteiger partial charge on any atom is 0.119 e. The molecular weight excluding hydrogens is 248 g/mol. The summed E-state index contributed by atoms with van der Waals surface area (Å²) in [6, 6.07) is 6.64. The van der Waals surface area contributed by atoms with E-state index < -0.39 is 0 Å². The van der Waals surface area contributed by atoms with Crippen LogP contribution in [0.4, 0.5) is 0 Å². The van der Waals surface area contributed by atoms with E-state index in [9.17, 15) is 0 Å². The van der Waals surface area contributed by atoms with Crippen molar-refractivity contribution in [3.63, 3.8) is 0 Å². The van der Waals surface area contributed by atoms with Crippen LogP contribution in [0, 0.1) is 0 Å². The van der Waals surface area contributed by atoms with E-state index in [0.717, 1.165) is 44.7 Å². The molecule has 3 heteroatoms. The third kappa shape index (κ3) is 3.74. The zero-order valence-electron chi connectivity index (χ0n) is 12.4. The van der Waals surface area contributed by atoms with Gasteiger partial charge in [0.15, 0.2) is 0 Å². The number of nitrogens with zero attached hydrogens (tertiary/aromatic N) is 1. The first-order chi connectivity index (χ1) is 9.92. The lowest BCUT2D eigenvalue weighted by Gasteiger charge is -2.15. The molecule has 3 rings (SSSR count). The molecule has 1 N–H and O–H groups in total. The fourth-order valence-electron chi connectivity index (χ4n) is 3.22. The molecule has 1 fully saturated rings. The Balaban J connectivity index is 1.46. The Labute approximate surface area is 122 Å². The molecule has 20 heavy (non-hydrogen) atoms. The van der Waals surface area contributed by atoms with Crippen LogP contribution in [0.2, 0.25) is 0 Å². The summed E-state index contributed by atoms with van der Waals surface area (Å²) >= 11 is 0. The van der Waals surface area contributed by atoms with E-state index in [4.69, 9.17) is 4.74 Å². The molecule has 0 saturated carbocycles. The number of benzene rings is 1. The summed E-state index contributed by atoms with van der Waals surface area (Å²) in [5, 5.41) is 3.45. The fraction of sp³-hybridized carbons (Fsp3) is 0.647. The molecule has 0 aliphatic carbocycles. The molecule has 2 aliphatic rings. The number of nitrogens with one attached hydrogen (secondary N) is 1. The molecule has 3 nitrogen and oxygen atoms in total. The first-order valence-electron chi connectivity index (χ1n) is 8.09. The monoisotopic (exact) mass is 274 g/mol. The van der Waals surface area contributed by atoms with E-state index in [0.29, 0.717) is 0 Å². The SMILES string of the molecule is c1cc2c(cc1OCCCN1CCCC1)CCNCC2. The van der Waals surface area contributed by atoms with Gasteiger partial charge in [0.1, 0.15) is 5.75 Å². The molecule has 1 aromatic rings. The summed E-state index contributed by atoms with van der Waals surface area (Å²) in [5.41, 5.74) is 2.95. The minimum Gasteiger partial charge on any atom is -0.494 e. The van der Waals surface area contributed by atoms with Crippen molar-refractivity contribution in [3.8, 4) is 5.75 Å². The second-order valence-corrected chi connectivity index (χ2v) is 5.93. The Kier molecular flexibility index (Phi) is 4.93. The summed E-state index contributed by atoms with van der Waals surface area (Å²) in [7, 11) is 0. The summed E-state index contributed by atoms with van der Waals surface area (Å²) in [6.07, 6.45) is 6.16. The van der Waals surface area contributed by atoms with Crippen molar-refractivity contribution >= 4 is 0 Å². The van der Waals surface area contributed by atoms with Crippen LogP contribution in [0.5, 0.6) is 5.75 Å². The highest BCUT2D eigenvalue weighted by Gasteiger charge is 2.11. The molecule has 0 radical (unpaired) electrons. The van der Waals surface area contributed by atoms with Crippen molar-refractivity contribution in [2.75, 3.05) is 39.3 Å². The van der Waals surface area contributed by atoms with Crippen molar-refractivity contribution in [2.45, 2.75) is 32.1 Å². The minimum absolute atomic E-state index is 0.841. The normalized spacial score (nSPS) is 19.6. The second-order valence-electron chi connectivity index (χ2n) is 5.93. The lowest BCUT2D eigenvalue weighted by Crippen LogP contribution is -2.21. The van der Waals surface area contributed by atoms with Crippen molar-refractivity contribution in [2.24, 2.45) is 0 Å². The van der Waals surface area contributed by atoms with Crippen LogP contribution in [-0.4, -0.2) is 44.2 Å². The van der Waals surface area contributed by atoms with Crippen molar-refractivity contribution in [3.05, 3.63) is 29.3 Å². The summed E-state index contributed by atoms with van der Waals surface area (Å²) in [5.74, 6) is 1.05. The molecule has 0 unspecified atom stereocenters. The Bertz CT molecular complexity index is 427. The lowest BCUT2D eigenvalue weighted by molar-refractivity contribution is 0.263. The Morgan fingerprint density at radius 3 is 2.70 bits per heavy atom.